The Balaban J connectivity index is 2.08. The maximum absolute atomic E-state index is 14.1. The lowest BCUT2D eigenvalue weighted by molar-refractivity contribution is -0.136. The van der Waals surface area contributed by atoms with Crippen LogP contribution in [0.3, 0.4) is 0 Å². The number of hydrogen-bond acceptors (Lipinski definition) is 5. The summed E-state index contributed by atoms with van der Waals surface area (Å²) in [5, 5.41) is 10.1. The van der Waals surface area contributed by atoms with E-state index in [4.69, 9.17) is 4.74 Å². The fourth-order valence-corrected chi connectivity index (χ4v) is 5.88. The minimum atomic E-state index is -1.13. The summed E-state index contributed by atoms with van der Waals surface area (Å²) in [6, 6.07) is 0.753. The van der Waals surface area contributed by atoms with E-state index in [1.54, 1.807) is 11.0 Å². The van der Waals surface area contributed by atoms with E-state index in [-0.39, 0.29) is 40.3 Å². The fraction of sp³-hybridized carbons (Fsp3) is 0.679. The molecule has 7 nitrogen and oxygen atoms in total. The van der Waals surface area contributed by atoms with Crippen LogP contribution >= 0.6 is 11.3 Å². The Labute approximate surface area is 219 Å². The van der Waals surface area contributed by atoms with E-state index in [0.717, 1.165) is 56.3 Å². The normalized spacial score (nSPS) is 21.0. The van der Waals surface area contributed by atoms with Crippen molar-refractivity contribution in [1.29, 1.82) is 0 Å². The van der Waals surface area contributed by atoms with Crippen molar-refractivity contribution in [3.63, 3.8) is 0 Å². The summed E-state index contributed by atoms with van der Waals surface area (Å²) in [6.45, 7) is 9.41. The quantitative estimate of drug-likeness (QED) is 0.490. The summed E-state index contributed by atoms with van der Waals surface area (Å²) in [6.07, 6.45) is 6.36. The minimum Gasteiger partial charge on any atom is -0.477 e. The third-order valence-corrected chi connectivity index (χ3v) is 8.10. The second kappa shape index (κ2) is 12.2. The van der Waals surface area contributed by atoms with Crippen LogP contribution in [-0.4, -0.2) is 60.6 Å². The number of aromatic carboxylic acids is 1. The standard InChI is InChI=1S/C28H40N2O5S/c1-6-19-9-11-20(12-10-19)25(31)30(23(18-35-5)26(32)29-15-7-8-16-29)22-17-21(13-14-28(2,3)4)36-24(22)27(33)34/h17,19-20,23H,6-12,15-16,18H2,1-5H3,(H,33,34)/t19?,20?,23-/m0/s1. The average molecular weight is 517 g/mol. The van der Waals surface area contributed by atoms with Crippen LogP contribution in [0.2, 0.25) is 0 Å². The van der Waals surface area contributed by atoms with Crippen molar-refractivity contribution in [1.82, 2.24) is 4.90 Å². The molecule has 3 rings (SSSR count). The van der Waals surface area contributed by atoms with E-state index in [2.05, 4.69) is 18.8 Å². The number of thiophene rings is 1. The number of anilines is 1. The molecule has 1 atom stereocenters. The van der Waals surface area contributed by atoms with Gasteiger partial charge < -0.3 is 14.7 Å². The maximum Gasteiger partial charge on any atom is 0.348 e. The van der Waals surface area contributed by atoms with Crippen molar-refractivity contribution in [3.8, 4) is 11.8 Å². The Bertz CT molecular complexity index is 1000. The summed E-state index contributed by atoms with van der Waals surface area (Å²) in [5.41, 5.74) is -0.00596. The molecule has 1 saturated heterocycles. The molecular weight excluding hydrogens is 476 g/mol. The molecule has 2 aliphatic rings. The highest BCUT2D eigenvalue weighted by Crippen LogP contribution is 2.37. The number of likely N-dealkylation sites (tertiary alicyclic amines) is 1. The molecule has 1 aliphatic heterocycles. The van der Waals surface area contributed by atoms with Gasteiger partial charge in [0.15, 0.2) is 0 Å². The molecule has 8 heteroatoms. The Kier molecular flexibility index (Phi) is 9.59. The van der Waals surface area contributed by atoms with Crippen molar-refractivity contribution >= 4 is 34.8 Å². The molecule has 0 spiro atoms. The predicted molar refractivity (Wildman–Crippen MR) is 142 cm³/mol. The van der Waals surface area contributed by atoms with Gasteiger partial charge in [-0.2, -0.15) is 0 Å². The van der Waals surface area contributed by atoms with Gasteiger partial charge in [-0.15, -0.1) is 11.3 Å². The molecule has 0 radical (unpaired) electrons. The lowest BCUT2D eigenvalue weighted by Gasteiger charge is -2.37. The molecule has 1 N–H and O–H groups in total. The van der Waals surface area contributed by atoms with Crippen molar-refractivity contribution in [2.24, 2.45) is 17.3 Å². The lowest BCUT2D eigenvalue weighted by Crippen LogP contribution is -2.55. The van der Waals surface area contributed by atoms with Gasteiger partial charge in [-0.3, -0.25) is 14.5 Å². The number of nitrogens with zero attached hydrogens (tertiary/aromatic N) is 2. The van der Waals surface area contributed by atoms with Gasteiger partial charge in [-0.05, 0) is 71.3 Å². The van der Waals surface area contributed by atoms with Gasteiger partial charge >= 0.3 is 5.97 Å². The zero-order chi connectivity index (χ0) is 26.5. The first-order valence-electron chi connectivity index (χ1n) is 13.1. The predicted octanol–water partition coefficient (Wildman–Crippen LogP) is 5.03. The molecular formula is C28H40N2O5S. The van der Waals surface area contributed by atoms with E-state index in [1.165, 1.54) is 12.0 Å². The molecule has 2 heterocycles. The summed E-state index contributed by atoms with van der Waals surface area (Å²) in [4.78, 5) is 43.9. The molecule has 0 aromatic carbocycles. The summed E-state index contributed by atoms with van der Waals surface area (Å²) >= 11 is 1.05. The van der Waals surface area contributed by atoms with Crippen molar-refractivity contribution in [3.05, 3.63) is 15.8 Å². The number of ether oxygens (including phenoxy) is 1. The van der Waals surface area contributed by atoms with E-state index >= 15 is 0 Å². The van der Waals surface area contributed by atoms with Crippen LogP contribution in [0, 0.1) is 29.1 Å². The Morgan fingerprint density at radius 3 is 2.36 bits per heavy atom. The van der Waals surface area contributed by atoms with E-state index in [9.17, 15) is 19.5 Å². The van der Waals surface area contributed by atoms with Gasteiger partial charge in [0.05, 0.1) is 17.2 Å². The van der Waals surface area contributed by atoms with Crippen LogP contribution in [0.5, 0.6) is 0 Å². The largest absolute Gasteiger partial charge is 0.477 e. The molecule has 1 aromatic rings. The minimum absolute atomic E-state index is 0.00326. The number of rotatable bonds is 8. The zero-order valence-electron chi connectivity index (χ0n) is 22.3. The molecule has 2 fully saturated rings. The fourth-order valence-electron chi connectivity index (χ4n) is 5.04. The van der Waals surface area contributed by atoms with Gasteiger partial charge in [-0.25, -0.2) is 4.79 Å². The van der Waals surface area contributed by atoms with Crippen LogP contribution < -0.4 is 4.90 Å². The van der Waals surface area contributed by atoms with Crippen LogP contribution in [0.25, 0.3) is 0 Å². The van der Waals surface area contributed by atoms with Gasteiger partial charge in [-0.1, -0.05) is 25.2 Å². The number of carboxylic acid groups (broad SMARTS) is 1. The van der Waals surface area contributed by atoms with Crippen LogP contribution in [0.15, 0.2) is 6.07 Å². The van der Waals surface area contributed by atoms with E-state index in [1.807, 2.05) is 20.8 Å². The highest BCUT2D eigenvalue weighted by molar-refractivity contribution is 7.15. The topological polar surface area (TPSA) is 87.1 Å². The molecule has 2 amide bonds. The van der Waals surface area contributed by atoms with Gasteiger partial charge in [0.1, 0.15) is 10.9 Å². The Morgan fingerprint density at radius 2 is 1.83 bits per heavy atom. The molecule has 198 valence electrons. The summed E-state index contributed by atoms with van der Waals surface area (Å²) < 4.78 is 5.45. The Morgan fingerprint density at radius 1 is 1.19 bits per heavy atom. The average Bonchev–Trinajstić information content (AvgIpc) is 3.52. The number of carboxylic acids is 1. The number of amides is 2. The van der Waals surface area contributed by atoms with E-state index < -0.39 is 12.0 Å². The third-order valence-electron chi connectivity index (χ3n) is 7.08. The van der Waals surface area contributed by atoms with Gasteiger partial charge in [0, 0.05) is 31.5 Å². The molecule has 36 heavy (non-hydrogen) atoms. The SMILES string of the molecule is CCC1CCC(C(=O)N(c2cc(C#CC(C)(C)C)sc2C(=O)O)[C@@H](COC)C(=O)N2CCCC2)CC1. The highest BCUT2D eigenvalue weighted by atomic mass is 32.1. The first-order valence-corrected chi connectivity index (χ1v) is 13.9. The van der Waals surface area contributed by atoms with Crippen molar-refractivity contribution in [2.75, 3.05) is 31.7 Å². The van der Waals surface area contributed by atoms with Crippen molar-refractivity contribution in [2.45, 2.75) is 78.7 Å². The smallest absolute Gasteiger partial charge is 0.348 e. The first-order chi connectivity index (χ1) is 17.1. The number of carbonyl (C=O) groups is 3. The summed E-state index contributed by atoms with van der Waals surface area (Å²) in [5.74, 6) is 5.09. The third kappa shape index (κ3) is 6.89. The number of carbonyl (C=O) groups excluding carboxylic acids is 2. The zero-order valence-corrected chi connectivity index (χ0v) is 23.1. The molecule has 0 bridgehead atoms. The molecule has 1 aromatic heterocycles. The van der Waals surface area contributed by atoms with Gasteiger partial charge in [0.2, 0.25) is 11.8 Å². The van der Waals surface area contributed by atoms with Gasteiger partial charge in [0.25, 0.3) is 0 Å². The first kappa shape index (κ1) is 28.2. The number of hydrogen-bond donors (Lipinski definition) is 1. The maximum atomic E-state index is 14.1. The van der Waals surface area contributed by atoms with Crippen LogP contribution in [0.4, 0.5) is 5.69 Å². The van der Waals surface area contributed by atoms with Crippen LogP contribution in [0.1, 0.15) is 87.2 Å². The molecule has 1 saturated carbocycles. The molecule has 0 unspecified atom stereocenters. The second-order valence-corrected chi connectivity index (χ2v) is 12.0. The Hall–Kier alpha value is -2.37. The molecule has 1 aliphatic carbocycles. The second-order valence-electron chi connectivity index (χ2n) is 11.0. The van der Waals surface area contributed by atoms with Crippen molar-refractivity contribution < 1.29 is 24.2 Å². The highest BCUT2D eigenvalue weighted by Gasteiger charge is 2.40. The number of methoxy groups -OCH3 is 1. The lowest BCUT2D eigenvalue weighted by atomic mass is 9.80. The van der Waals surface area contributed by atoms with E-state index in [0.29, 0.717) is 23.9 Å². The monoisotopic (exact) mass is 516 g/mol. The summed E-state index contributed by atoms with van der Waals surface area (Å²) in [7, 11) is 1.51. The van der Waals surface area contributed by atoms with Crippen LogP contribution in [-0.2, 0) is 14.3 Å².